The highest BCUT2D eigenvalue weighted by Crippen LogP contribution is 2.35. The van der Waals surface area contributed by atoms with Gasteiger partial charge in [-0.15, -0.1) is 0 Å². The lowest BCUT2D eigenvalue weighted by Crippen LogP contribution is -2.36. The van der Waals surface area contributed by atoms with Crippen molar-refractivity contribution in [3.05, 3.63) is 22.5 Å². The predicted octanol–water partition coefficient (Wildman–Crippen LogP) is 0.449. The number of aromatic nitrogens is 1. The minimum Gasteiger partial charge on any atom is -0.488 e. The molecule has 4 heteroatoms. The summed E-state index contributed by atoms with van der Waals surface area (Å²) >= 11 is 0. The summed E-state index contributed by atoms with van der Waals surface area (Å²) in [4.78, 5) is 13.8. The fourth-order valence-corrected chi connectivity index (χ4v) is 2.29. The third-order valence-corrected chi connectivity index (χ3v) is 2.96. The van der Waals surface area contributed by atoms with Gasteiger partial charge in [-0.3, -0.25) is 9.36 Å². The molecule has 74 valence electrons. The zero-order valence-corrected chi connectivity index (χ0v) is 8.06. The molecule has 0 amide bonds. The third-order valence-electron chi connectivity index (χ3n) is 2.96. The molecule has 3 heterocycles. The minimum atomic E-state index is 0.0728. The summed E-state index contributed by atoms with van der Waals surface area (Å²) < 4.78 is 7.32. The molecule has 0 fully saturated rings. The highest BCUT2D eigenvalue weighted by atomic mass is 16.5. The summed E-state index contributed by atoms with van der Waals surface area (Å²) in [7, 11) is 0. The van der Waals surface area contributed by atoms with Crippen molar-refractivity contribution in [1.82, 2.24) is 4.57 Å². The Morgan fingerprint density at radius 1 is 1.50 bits per heavy atom. The maximum absolute atomic E-state index is 11.6. The van der Waals surface area contributed by atoms with Crippen LogP contribution in [-0.4, -0.2) is 23.8 Å². The van der Waals surface area contributed by atoms with Crippen molar-refractivity contribution < 1.29 is 4.74 Å². The highest BCUT2D eigenvalue weighted by molar-refractivity contribution is 5.57. The molecule has 1 aromatic heterocycles. The highest BCUT2D eigenvalue weighted by Gasteiger charge is 2.32. The Balaban J connectivity index is 2.28. The lowest BCUT2D eigenvalue weighted by molar-refractivity contribution is 0.304. The average Bonchev–Trinajstić information content (AvgIpc) is 2.53. The first-order valence-corrected chi connectivity index (χ1v) is 4.90. The molecule has 0 aromatic carbocycles. The van der Waals surface area contributed by atoms with Gasteiger partial charge in [-0.25, -0.2) is 0 Å². The molecule has 1 aromatic rings. The van der Waals surface area contributed by atoms with Gasteiger partial charge >= 0.3 is 0 Å². The first-order valence-electron chi connectivity index (χ1n) is 4.90. The van der Waals surface area contributed by atoms with Gasteiger partial charge in [0.1, 0.15) is 6.61 Å². The molecule has 2 aliphatic rings. The van der Waals surface area contributed by atoms with E-state index in [1.807, 2.05) is 0 Å². The molecule has 0 N–H and O–H groups in total. The second-order valence-corrected chi connectivity index (χ2v) is 3.86. The predicted molar refractivity (Wildman–Crippen MR) is 53.0 cm³/mol. The maximum atomic E-state index is 11.6. The second kappa shape index (κ2) is 2.53. The first-order chi connectivity index (χ1) is 6.77. The lowest BCUT2D eigenvalue weighted by Gasteiger charge is -2.29. The third kappa shape index (κ3) is 0.855. The SMILES string of the molecule is CC1Cn2c3c(ccc2=O)OCCN31. The van der Waals surface area contributed by atoms with Crippen molar-refractivity contribution in [3.8, 4) is 5.75 Å². The summed E-state index contributed by atoms with van der Waals surface area (Å²) in [5, 5.41) is 0. The Labute approximate surface area is 81.7 Å². The van der Waals surface area contributed by atoms with Gasteiger partial charge in [0.15, 0.2) is 11.6 Å². The zero-order valence-electron chi connectivity index (χ0n) is 8.06. The van der Waals surface area contributed by atoms with E-state index in [9.17, 15) is 4.79 Å². The quantitative estimate of drug-likeness (QED) is 0.598. The topological polar surface area (TPSA) is 34.5 Å². The van der Waals surface area contributed by atoms with Crippen LogP contribution in [0.15, 0.2) is 16.9 Å². The molecular weight excluding hydrogens is 180 g/mol. The molecule has 0 saturated heterocycles. The molecule has 4 nitrogen and oxygen atoms in total. The van der Waals surface area contributed by atoms with Gasteiger partial charge in [-0.05, 0) is 13.0 Å². The van der Waals surface area contributed by atoms with Gasteiger partial charge in [-0.2, -0.15) is 0 Å². The van der Waals surface area contributed by atoms with Crippen molar-refractivity contribution in [2.24, 2.45) is 0 Å². The summed E-state index contributed by atoms with van der Waals surface area (Å²) in [5.41, 5.74) is 0.0728. The van der Waals surface area contributed by atoms with Crippen molar-refractivity contribution in [1.29, 1.82) is 0 Å². The molecule has 3 rings (SSSR count). The van der Waals surface area contributed by atoms with Crippen molar-refractivity contribution >= 4 is 5.82 Å². The largest absolute Gasteiger partial charge is 0.488 e. The molecule has 1 atom stereocenters. The molecule has 0 aliphatic carbocycles. The Kier molecular flexibility index (Phi) is 1.43. The van der Waals surface area contributed by atoms with Gasteiger partial charge in [0.05, 0.1) is 6.54 Å². The smallest absolute Gasteiger partial charge is 0.252 e. The number of ether oxygens (including phenoxy) is 1. The van der Waals surface area contributed by atoms with Gasteiger partial charge in [0.25, 0.3) is 5.56 Å². The van der Waals surface area contributed by atoms with Gasteiger partial charge < -0.3 is 9.64 Å². The summed E-state index contributed by atoms with van der Waals surface area (Å²) in [5.74, 6) is 1.82. The maximum Gasteiger partial charge on any atom is 0.252 e. The molecule has 0 radical (unpaired) electrons. The summed E-state index contributed by atoms with van der Waals surface area (Å²) in [6.07, 6.45) is 0. The van der Waals surface area contributed by atoms with Crippen LogP contribution in [0.4, 0.5) is 5.82 Å². The average molecular weight is 192 g/mol. The van der Waals surface area contributed by atoms with E-state index in [0.717, 1.165) is 31.3 Å². The summed E-state index contributed by atoms with van der Waals surface area (Å²) in [6.45, 7) is 4.53. The van der Waals surface area contributed by atoms with Crippen LogP contribution in [0.1, 0.15) is 6.92 Å². The number of hydrogen-bond acceptors (Lipinski definition) is 3. The number of rotatable bonds is 0. The normalized spacial score (nSPS) is 23.2. The van der Waals surface area contributed by atoms with Crippen molar-refractivity contribution in [3.63, 3.8) is 0 Å². The molecular formula is C10H12N2O2. The number of anilines is 1. The van der Waals surface area contributed by atoms with Crippen molar-refractivity contribution in [2.75, 3.05) is 18.1 Å². The van der Waals surface area contributed by atoms with Crippen LogP contribution in [0.3, 0.4) is 0 Å². The van der Waals surface area contributed by atoms with Crippen LogP contribution in [0.2, 0.25) is 0 Å². The van der Waals surface area contributed by atoms with E-state index in [1.165, 1.54) is 0 Å². The lowest BCUT2D eigenvalue weighted by atomic mass is 10.3. The van der Waals surface area contributed by atoms with E-state index < -0.39 is 0 Å². The van der Waals surface area contributed by atoms with E-state index in [1.54, 1.807) is 16.7 Å². The fraction of sp³-hybridized carbons (Fsp3) is 0.500. The van der Waals surface area contributed by atoms with Crippen LogP contribution in [0, 0.1) is 0 Å². The Morgan fingerprint density at radius 3 is 3.21 bits per heavy atom. The zero-order chi connectivity index (χ0) is 9.71. The van der Waals surface area contributed by atoms with E-state index in [2.05, 4.69) is 11.8 Å². The second-order valence-electron chi connectivity index (χ2n) is 3.86. The number of nitrogens with zero attached hydrogens (tertiary/aromatic N) is 2. The Bertz CT molecular complexity index is 438. The molecule has 0 saturated carbocycles. The van der Waals surface area contributed by atoms with Crippen LogP contribution in [0.5, 0.6) is 5.75 Å². The van der Waals surface area contributed by atoms with Crippen LogP contribution < -0.4 is 15.2 Å². The monoisotopic (exact) mass is 192 g/mol. The molecule has 2 aliphatic heterocycles. The first kappa shape index (κ1) is 7.91. The Morgan fingerprint density at radius 2 is 2.36 bits per heavy atom. The summed E-state index contributed by atoms with van der Waals surface area (Å²) in [6, 6.07) is 3.77. The molecule has 0 spiro atoms. The molecule has 0 bridgehead atoms. The van der Waals surface area contributed by atoms with E-state index in [4.69, 9.17) is 4.74 Å². The van der Waals surface area contributed by atoms with E-state index in [0.29, 0.717) is 6.04 Å². The minimum absolute atomic E-state index is 0.0728. The Hall–Kier alpha value is -1.45. The van der Waals surface area contributed by atoms with Crippen LogP contribution in [-0.2, 0) is 6.54 Å². The van der Waals surface area contributed by atoms with E-state index in [-0.39, 0.29) is 5.56 Å². The fourth-order valence-electron chi connectivity index (χ4n) is 2.29. The van der Waals surface area contributed by atoms with Crippen LogP contribution in [0.25, 0.3) is 0 Å². The molecule has 1 unspecified atom stereocenters. The van der Waals surface area contributed by atoms with Gasteiger partial charge in [-0.1, -0.05) is 0 Å². The van der Waals surface area contributed by atoms with E-state index >= 15 is 0 Å². The number of pyridine rings is 1. The van der Waals surface area contributed by atoms with Crippen molar-refractivity contribution in [2.45, 2.75) is 19.5 Å². The van der Waals surface area contributed by atoms with Gasteiger partial charge in [0, 0.05) is 18.7 Å². The standard InChI is InChI=1S/C10H12N2O2/c1-7-6-12-9(13)3-2-8-10(12)11(7)4-5-14-8/h2-3,7H,4-6H2,1H3. The molecule has 14 heavy (non-hydrogen) atoms. The van der Waals surface area contributed by atoms with Gasteiger partial charge in [0.2, 0.25) is 0 Å². The number of hydrogen-bond donors (Lipinski definition) is 0. The van der Waals surface area contributed by atoms with Crippen LogP contribution >= 0.6 is 0 Å².